The third-order valence-electron chi connectivity index (χ3n) is 3.61. The predicted octanol–water partition coefficient (Wildman–Crippen LogP) is 5.46. The summed E-state index contributed by atoms with van der Waals surface area (Å²) in [7, 11) is 0. The van der Waals surface area contributed by atoms with Crippen LogP contribution in [0.3, 0.4) is 0 Å². The highest BCUT2D eigenvalue weighted by Crippen LogP contribution is 2.12. The molecule has 0 aliphatic heterocycles. The molecule has 0 spiro atoms. The van der Waals surface area contributed by atoms with Crippen molar-refractivity contribution in [2.75, 3.05) is 0 Å². The van der Waals surface area contributed by atoms with Crippen molar-refractivity contribution in [3.8, 4) is 0 Å². The summed E-state index contributed by atoms with van der Waals surface area (Å²) in [5, 5.41) is 9.40. The van der Waals surface area contributed by atoms with Gasteiger partial charge < -0.3 is 5.11 Å². The van der Waals surface area contributed by atoms with Gasteiger partial charge in [0.25, 0.3) is 0 Å². The standard InChI is InChI=1S/C16H34O/c1-3-5-6-7-8-9-10-11-12-13-14-15-16(17)4-2/h16-17H,3-15H2,1-2H3/t16-/m0/s1. The maximum absolute atomic E-state index is 9.40. The van der Waals surface area contributed by atoms with E-state index in [1.165, 1.54) is 70.6 Å². The van der Waals surface area contributed by atoms with Gasteiger partial charge in [0.1, 0.15) is 0 Å². The lowest BCUT2D eigenvalue weighted by molar-refractivity contribution is 0.156. The third kappa shape index (κ3) is 13.9. The summed E-state index contributed by atoms with van der Waals surface area (Å²) in [6.07, 6.45) is 17.1. The van der Waals surface area contributed by atoms with Crippen molar-refractivity contribution in [3.63, 3.8) is 0 Å². The van der Waals surface area contributed by atoms with Crippen LogP contribution in [0.5, 0.6) is 0 Å². The lowest BCUT2D eigenvalue weighted by Crippen LogP contribution is -2.03. The lowest BCUT2D eigenvalue weighted by Gasteiger charge is -2.06. The first-order valence-electron chi connectivity index (χ1n) is 7.99. The Bertz CT molecular complexity index is 133. The van der Waals surface area contributed by atoms with Crippen molar-refractivity contribution in [3.05, 3.63) is 0 Å². The number of aliphatic hydroxyl groups is 1. The summed E-state index contributed by atoms with van der Waals surface area (Å²) in [6, 6.07) is 0. The monoisotopic (exact) mass is 242 g/mol. The Balaban J connectivity index is 2.94. The van der Waals surface area contributed by atoms with Gasteiger partial charge in [0.2, 0.25) is 0 Å². The van der Waals surface area contributed by atoms with Crippen molar-refractivity contribution < 1.29 is 5.11 Å². The first-order chi connectivity index (χ1) is 8.31. The fourth-order valence-corrected chi connectivity index (χ4v) is 2.25. The normalized spacial score (nSPS) is 12.9. The molecule has 0 aromatic heterocycles. The van der Waals surface area contributed by atoms with E-state index < -0.39 is 0 Å². The Kier molecular flexibility index (Phi) is 14.0. The molecule has 1 atom stereocenters. The molecule has 0 aromatic carbocycles. The van der Waals surface area contributed by atoms with Gasteiger partial charge in [0, 0.05) is 0 Å². The summed E-state index contributed by atoms with van der Waals surface area (Å²) in [6.45, 7) is 4.33. The molecule has 104 valence electrons. The zero-order chi connectivity index (χ0) is 12.8. The zero-order valence-electron chi connectivity index (χ0n) is 12.2. The molecule has 17 heavy (non-hydrogen) atoms. The summed E-state index contributed by atoms with van der Waals surface area (Å²) in [5.41, 5.74) is 0. The van der Waals surface area contributed by atoms with Crippen LogP contribution in [-0.2, 0) is 0 Å². The number of aliphatic hydroxyl groups excluding tert-OH is 1. The van der Waals surface area contributed by atoms with Gasteiger partial charge in [-0.3, -0.25) is 0 Å². The smallest absolute Gasteiger partial charge is 0.0537 e. The molecule has 0 fully saturated rings. The van der Waals surface area contributed by atoms with Crippen molar-refractivity contribution >= 4 is 0 Å². The van der Waals surface area contributed by atoms with E-state index in [0.717, 1.165) is 12.8 Å². The first kappa shape index (κ1) is 17.0. The van der Waals surface area contributed by atoms with Gasteiger partial charge in [0.05, 0.1) is 6.10 Å². The van der Waals surface area contributed by atoms with E-state index in [1.54, 1.807) is 0 Å². The highest BCUT2D eigenvalue weighted by Gasteiger charge is 1.99. The van der Waals surface area contributed by atoms with E-state index in [4.69, 9.17) is 0 Å². The highest BCUT2D eigenvalue weighted by molar-refractivity contribution is 4.53. The van der Waals surface area contributed by atoms with Gasteiger partial charge in [-0.1, -0.05) is 84.5 Å². The number of rotatable bonds is 13. The first-order valence-corrected chi connectivity index (χ1v) is 7.99. The average molecular weight is 242 g/mol. The minimum absolute atomic E-state index is 0.0476. The summed E-state index contributed by atoms with van der Waals surface area (Å²) >= 11 is 0. The molecule has 1 N–H and O–H groups in total. The number of hydrogen-bond acceptors (Lipinski definition) is 1. The molecule has 0 saturated carbocycles. The van der Waals surface area contributed by atoms with E-state index in [0.29, 0.717) is 0 Å². The van der Waals surface area contributed by atoms with Crippen LogP contribution in [0.15, 0.2) is 0 Å². The maximum atomic E-state index is 9.40. The Morgan fingerprint density at radius 2 is 1.06 bits per heavy atom. The molecule has 0 radical (unpaired) electrons. The Hall–Kier alpha value is -0.0400. The molecule has 0 heterocycles. The minimum Gasteiger partial charge on any atom is -0.393 e. The van der Waals surface area contributed by atoms with Crippen molar-refractivity contribution in [2.24, 2.45) is 0 Å². The molecule has 1 heteroatoms. The van der Waals surface area contributed by atoms with Gasteiger partial charge in [-0.05, 0) is 12.8 Å². The van der Waals surface area contributed by atoms with Crippen molar-refractivity contribution in [2.45, 2.75) is 103 Å². The summed E-state index contributed by atoms with van der Waals surface area (Å²) in [4.78, 5) is 0. The van der Waals surface area contributed by atoms with Gasteiger partial charge in [-0.2, -0.15) is 0 Å². The molecule has 0 unspecified atom stereocenters. The second kappa shape index (κ2) is 14.0. The van der Waals surface area contributed by atoms with Crippen LogP contribution in [0.2, 0.25) is 0 Å². The topological polar surface area (TPSA) is 20.2 Å². The maximum Gasteiger partial charge on any atom is 0.0537 e. The molecule has 1 nitrogen and oxygen atoms in total. The fraction of sp³-hybridized carbons (Fsp3) is 1.00. The SMILES string of the molecule is CCCCCCCCCCCCC[C@@H](O)CC. The van der Waals surface area contributed by atoms with E-state index in [-0.39, 0.29) is 6.10 Å². The predicted molar refractivity (Wildman–Crippen MR) is 77.4 cm³/mol. The second-order valence-corrected chi connectivity index (χ2v) is 5.39. The van der Waals surface area contributed by atoms with E-state index in [2.05, 4.69) is 13.8 Å². The van der Waals surface area contributed by atoms with Crippen LogP contribution >= 0.6 is 0 Å². The van der Waals surface area contributed by atoms with Crippen molar-refractivity contribution in [1.29, 1.82) is 0 Å². The quantitative estimate of drug-likeness (QED) is 0.425. The molecule has 0 amide bonds. The Morgan fingerprint density at radius 1 is 0.647 bits per heavy atom. The van der Waals surface area contributed by atoms with Crippen LogP contribution in [-0.4, -0.2) is 11.2 Å². The summed E-state index contributed by atoms with van der Waals surface area (Å²) in [5.74, 6) is 0. The van der Waals surface area contributed by atoms with E-state index >= 15 is 0 Å². The van der Waals surface area contributed by atoms with Crippen LogP contribution in [0, 0.1) is 0 Å². The fourth-order valence-electron chi connectivity index (χ4n) is 2.25. The average Bonchev–Trinajstić information content (AvgIpc) is 2.35. The molecule has 0 rings (SSSR count). The molecular formula is C16H34O. The molecule has 0 aliphatic carbocycles. The molecule has 0 saturated heterocycles. The molecule has 0 aromatic rings. The minimum atomic E-state index is -0.0476. The third-order valence-corrected chi connectivity index (χ3v) is 3.61. The summed E-state index contributed by atoms with van der Waals surface area (Å²) < 4.78 is 0. The Morgan fingerprint density at radius 3 is 1.47 bits per heavy atom. The van der Waals surface area contributed by atoms with Crippen LogP contribution in [0.25, 0.3) is 0 Å². The highest BCUT2D eigenvalue weighted by atomic mass is 16.3. The van der Waals surface area contributed by atoms with Gasteiger partial charge >= 0.3 is 0 Å². The molecule has 0 aliphatic rings. The zero-order valence-corrected chi connectivity index (χ0v) is 12.2. The molecule has 0 bridgehead atoms. The lowest BCUT2D eigenvalue weighted by atomic mass is 10.0. The van der Waals surface area contributed by atoms with Gasteiger partial charge in [-0.15, -0.1) is 0 Å². The van der Waals surface area contributed by atoms with Crippen LogP contribution in [0.4, 0.5) is 0 Å². The van der Waals surface area contributed by atoms with Crippen LogP contribution < -0.4 is 0 Å². The van der Waals surface area contributed by atoms with Crippen molar-refractivity contribution in [1.82, 2.24) is 0 Å². The van der Waals surface area contributed by atoms with E-state index in [9.17, 15) is 5.11 Å². The van der Waals surface area contributed by atoms with Crippen LogP contribution in [0.1, 0.15) is 97.3 Å². The molecular weight excluding hydrogens is 208 g/mol. The Labute approximate surface area is 109 Å². The number of hydrogen-bond donors (Lipinski definition) is 1. The van der Waals surface area contributed by atoms with Gasteiger partial charge in [-0.25, -0.2) is 0 Å². The number of unbranched alkanes of at least 4 members (excludes halogenated alkanes) is 10. The van der Waals surface area contributed by atoms with Gasteiger partial charge in [0.15, 0.2) is 0 Å². The second-order valence-electron chi connectivity index (χ2n) is 5.39. The van der Waals surface area contributed by atoms with E-state index in [1.807, 2.05) is 0 Å². The largest absolute Gasteiger partial charge is 0.393 e.